The molecular weight excluding hydrogens is 449 g/mol. The summed E-state index contributed by atoms with van der Waals surface area (Å²) in [6, 6.07) is 10.3. The Hall–Kier alpha value is -2.98. The maximum Gasteiger partial charge on any atom is 0.231 e. The van der Waals surface area contributed by atoms with Gasteiger partial charge in [0.05, 0.1) is 5.69 Å². The number of anilines is 1. The van der Waals surface area contributed by atoms with Gasteiger partial charge in [-0.15, -0.1) is 16.4 Å². The zero-order chi connectivity index (χ0) is 19.3. The van der Waals surface area contributed by atoms with Crippen LogP contribution in [-0.2, 0) is 0 Å². The molecule has 0 aliphatic carbocycles. The minimum Gasteiger partial charge on any atom is -0.454 e. The predicted octanol–water partition coefficient (Wildman–Crippen LogP) is 4.27. The van der Waals surface area contributed by atoms with Crippen LogP contribution in [0.25, 0.3) is 27.6 Å². The fourth-order valence-corrected chi connectivity index (χ4v) is 4.00. The molecule has 0 spiro atoms. The molecule has 0 atom stereocenters. The first-order valence-corrected chi connectivity index (χ1v) is 9.80. The molecule has 0 fully saturated rings. The largest absolute Gasteiger partial charge is 0.454 e. The molecule has 7 nitrogen and oxygen atoms in total. The number of hydrogen-bond donors (Lipinski definition) is 1. The standard InChI is InChI=1S/C18H11BrFN5O2S/c19-10-2-3-13(11(20)6-10)25-17(21)16(23-24-25)18-22-12(7-28-18)9-1-4-14-15(5-9)27-8-26-14/h1-7H,8,21H2. The summed E-state index contributed by atoms with van der Waals surface area (Å²) >= 11 is 4.61. The van der Waals surface area contributed by atoms with E-state index >= 15 is 0 Å². The summed E-state index contributed by atoms with van der Waals surface area (Å²) in [5.74, 6) is 1.15. The Bertz CT molecular complexity index is 1210. The van der Waals surface area contributed by atoms with Crippen molar-refractivity contribution in [3.63, 3.8) is 0 Å². The van der Waals surface area contributed by atoms with Crippen LogP contribution in [0.1, 0.15) is 0 Å². The number of benzene rings is 2. The Morgan fingerprint density at radius 2 is 2.00 bits per heavy atom. The van der Waals surface area contributed by atoms with Gasteiger partial charge in [0, 0.05) is 15.4 Å². The van der Waals surface area contributed by atoms with Gasteiger partial charge in [-0.3, -0.25) is 0 Å². The lowest BCUT2D eigenvalue weighted by Gasteiger charge is -2.04. The summed E-state index contributed by atoms with van der Waals surface area (Å²) in [7, 11) is 0. The fourth-order valence-electron chi connectivity index (χ4n) is 2.84. The number of nitrogen functional groups attached to an aromatic ring is 1. The molecule has 0 unspecified atom stereocenters. The van der Waals surface area contributed by atoms with Crippen molar-refractivity contribution < 1.29 is 13.9 Å². The van der Waals surface area contributed by atoms with E-state index in [4.69, 9.17) is 15.2 Å². The van der Waals surface area contributed by atoms with E-state index in [1.807, 2.05) is 23.6 Å². The SMILES string of the molecule is Nc1c(-c2nc(-c3ccc4c(c3)OCO4)cs2)nnn1-c1ccc(Br)cc1F. The number of nitrogens with zero attached hydrogens (tertiary/aromatic N) is 4. The molecule has 140 valence electrons. The van der Waals surface area contributed by atoms with Crippen LogP contribution in [0, 0.1) is 5.82 Å². The second-order valence-corrected chi connectivity index (χ2v) is 7.71. The number of rotatable bonds is 3. The summed E-state index contributed by atoms with van der Waals surface area (Å²) in [6.45, 7) is 0.216. The second kappa shape index (κ2) is 6.57. The quantitative estimate of drug-likeness (QED) is 0.492. The molecule has 3 heterocycles. The van der Waals surface area contributed by atoms with Gasteiger partial charge in [-0.05, 0) is 36.4 Å². The first-order chi connectivity index (χ1) is 13.6. The predicted molar refractivity (Wildman–Crippen MR) is 106 cm³/mol. The van der Waals surface area contributed by atoms with Crippen LogP contribution >= 0.6 is 27.3 Å². The van der Waals surface area contributed by atoms with Gasteiger partial charge in [0.1, 0.15) is 16.5 Å². The smallest absolute Gasteiger partial charge is 0.231 e. The first-order valence-electron chi connectivity index (χ1n) is 8.12. The van der Waals surface area contributed by atoms with Crippen molar-refractivity contribution in [2.75, 3.05) is 12.5 Å². The summed E-state index contributed by atoms with van der Waals surface area (Å²) < 4.78 is 26.9. The van der Waals surface area contributed by atoms with E-state index in [-0.39, 0.29) is 18.3 Å². The molecular formula is C18H11BrFN5O2S. The van der Waals surface area contributed by atoms with E-state index < -0.39 is 5.82 Å². The van der Waals surface area contributed by atoms with Gasteiger partial charge in [-0.1, -0.05) is 21.1 Å². The third-order valence-corrected chi connectivity index (χ3v) is 5.56. The zero-order valence-corrected chi connectivity index (χ0v) is 16.5. The van der Waals surface area contributed by atoms with E-state index in [2.05, 4.69) is 31.2 Å². The third kappa shape index (κ3) is 2.81. The highest BCUT2D eigenvalue weighted by atomic mass is 79.9. The fraction of sp³-hybridized carbons (Fsp3) is 0.0556. The summed E-state index contributed by atoms with van der Waals surface area (Å²) in [6.07, 6.45) is 0. The van der Waals surface area contributed by atoms with Gasteiger partial charge >= 0.3 is 0 Å². The van der Waals surface area contributed by atoms with Crippen LogP contribution in [0.15, 0.2) is 46.3 Å². The highest BCUT2D eigenvalue weighted by molar-refractivity contribution is 9.10. The van der Waals surface area contributed by atoms with E-state index in [9.17, 15) is 4.39 Å². The van der Waals surface area contributed by atoms with Crippen LogP contribution < -0.4 is 15.2 Å². The molecule has 2 N–H and O–H groups in total. The van der Waals surface area contributed by atoms with E-state index in [1.54, 1.807) is 12.1 Å². The number of nitrogens with two attached hydrogens (primary N) is 1. The molecule has 5 rings (SSSR count). The molecule has 4 aromatic rings. The summed E-state index contributed by atoms with van der Waals surface area (Å²) in [4.78, 5) is 4.61. The van der Waals surface area contributed by atoms with Crippen molar-refractivity contribution in [3.05, 3.63) is 52.1 Å². The van der Waals surface area contributed by atoms with Crippen molar-refractivity contribution in [1.82, 2.24) is 20.0 Å². The maximum atomic E-state index is 14.3. The zero-order valence-electron chi connectivity index (χ0n) is 14.1. The molecule has 0 saturated carbocycles. The van der Waals surface area contributed by atoms with Crippen LogP contribution in [-0.4, -0.2) is 26.8 Å². The molecule has 1 aliphatic heterocycles. The van der Waals surface area contributed by atoms with Gasteiger partial charge in [0.15, 0.2) is 23.0 Å². The first kappa shape index (κ1) is 17.1. The molecule has 0 bridgehead atoms. The number of aromatic nitrogens is 4. The Kier molecular flexibility index (Phi) is 4.02. The van der Waals surface area contributed by atoms with Crippen molar-refractivity contribution in [3.8, 4) is 39.1 Å². The third-order valence-electron chi connectivity index (χ3n) is 4.22. The van der Waals surface area contributed by atoms with Crippen LogP contribution in [0.3, 0.4) is 0 Å². The Balaban J connectivity index is 1.50. The highest BCUT2D eigenvalue weighted by Gasteiger charge is 2.20. The Morgan fingerprint density at radius 3 is 2.86 bits per heavy atom. The van der Waals surface area contributed by atoms with Crippen LogP contribution in [0.4, 0.5) is 10.2 Å². The molecule has 2 aromatic heterocycles. The minimum atomic E-state index is -0.460. The van der Waals surface area contributed by atoms with Crippen molar-refractivity contribution >= 4 is 33.1 Å². The number of thiazole rings is 1. The van der Waals surface area contributed by atoms with E-state index in [0.717, 1.165) is 11.3 Å². The lowest BCUT2D eigenvalue weighted by atomic mass is 10.1. The van der Waals surface area contributed by atoms with Crippen LogP contribution in [0.2, 0.25) is 0 Å². The van der Waals surface area contributed by atoms with Gasteiger partial charge in [-0.25, -0.2) is 9.37 Å². The van der Waals surface area contributed by atoms with Crippen molar-refractivity contribution in [1.29, 1.82) is 0 Å². The molecule has 2 aromatic carbocycles. The number of halogens is 2. The minimum absolute atomic E-state index is 0.215. The van der Waals surface area contributed by atoms with E-state index in [0.29, 0.717) is 26.7 Å². The normalized spacial score (nSPS) is 12.5. The maximum absolute atomic E-state index is 14.3. The average molecular weight is 460 g/mol. The second-order valence-electron chi connectivity index (χ2n) is 5.94. The van der Waals surface area contributed by atoms with Crippen molar-refractivity contribution in [2.24, 2.45) is 0 Å². The van der Waals surface area contributed by atoms with Gasteiger partial charge in [-0.2, -0.15) is 4.68 Å². The van der Waals surface area contributed by atoms with Crippen LogP contribution in [0.5, 0.6) is 11.5 Å². The number of hydrogen-bond acceptors (Lipinski definition) is 7. The summed E-state index contributed by atoms with van der Waals surface area (Å²) in [5, 5.41) is 10.6. The monoisotopic (exact) mass is 459 g/mol. The van der Waals surface area contributed by atoms with E-state index in [1.165, 1.54) is 22.1 Å². The Labute approximate surface area is 170 Å². The summed E-state index contributed by atoms with van der Waals surface area (Å²) in [5.41, 5.74) is 8.44. The van der Waals surface area contributed by atoms with Gasteiger partial charge < -0.3 is 15.2 Å². The lowest BCUT2D eigenvalue weighted by Crippen LogP contribution is -2.04. The van der Waals surface area contributed by atoms with Gasteiger partial charge in [0.2, 0.25) is 6.79 Å². The van der Waals surface area contributed by atoms with Gasteiger partial charge in [0.25, 0.3) is 0 Å². The van der Waals surface area contributed by atoms with Crippen molar-refractivity contribution in [2.45, 2.75) is 0 Å². The Morgan fingerprint density at radius 1 is 1.14 bits per heavy atom. The topological polar surface area (TPSA) is 88.1 Å². The molecule has 0 saturated heterocycles. The molecule has 28 heavy (non-hydrogen) atoms. The average Bonchev–Trinajstić information content (AvgIpc) is 3.40. The molecule has 0 amide bonds. The molecule has 0 radical (unpaired) electrons. The molecule has 1 aliphatic rings. The number of ether oxygens (including phenoxy) is 2. The highest BCUT2D eigenvalue weighted by Crippen LogP contribution is 2.37. The number of fused-ring (bicyclic) bond motifs is 1. The molecule has 10 heteroatoms. The lowest BCUT2D eigenvalue weighted by molar-refractivity contribution is 0.174.